The monoisotopic (exact) mass is 213 g/mol. The number of carbonyl (C=O) groups excluding carboxylic acids is 1. The van der Waals surface area contributed by atoms with Crippen LogP contribution in [0.4, 0.5) is 10.5 Å². The number of hydrogen-bond donors (Lipinski definition) is 1. The van der Waals surface area contributed by atoms with Crippen LogP contribution in [0.1, 0.15) is 5.56 Å². The highest BCUT2D eigenvalue weighted by Gasteiger charge is 1.93. The normalized spacial score (nSPS) is 9.27. The van der Waals surface area contributed by atoms with E-state index in [4.69, 9.17) is 0 Å². The lowest BCUT2D eigenvalue weighted by Crippen LogP contribution is -1.99. The van der Waals surface area contributed by atoms with Crippen molar-refractivity contribution < 1.29 is 4.79 Å². The Kier molecular flexibility index (Phi) is 2.65. The molecule has 0 aliphatic rings. The van der Waals surface area contributed by atoms with Crippen LogP contribution < -0.4 is 5.32 Å². The van der Waals surface area contributed by atoms with Crippen molar-refractivity contribution in [2.75, 3.05) is 5.32 Å². The minimum absolute atomic E-state index is 0.221. The van der Waals surface area contributed by atoms with Crippen LogP contribution in [0, 0.1) is 6.92 Å². The summed E-state index contributed by atoms with van der Waals surface area (Å²) < 4.78 is 0. The first-order chi connectivity index (χ1) is 5.18. The summed E-state index contributed by atoms with van der Waals surface area (Å²) in [5.74, 6) is 0. The molecule has 0 aromatic heterocycles. The molecule has 0 saturated carbocycles. The van der Waals surface area contributed by atoms with E-state index in [2.05, 4.69) is 21.2 Å². The van der Waals surface area contributed by atoms with Crippen molar-refractivity contribution in [3.8, 4) is 0 Å². The van der Waals surface area contributed by atoms with Gasteiger partial charge < -0.3 is 5.32 Å². The SMILES string of the molecule is Cc1ccc(NC(=O)Br)cc1. The molecule has 2 nitrogen and oxygen atoms in total. The zero-order valence-corrected chi connectivity index (χ0v) is 7.68. The van der Waals surface area contributed by atoms with Gasteiger partial charge in [0, 0.05) is 21.6 Å². The third-order valence-electron chi connectivity index (χ3n) is 1.29. The van der Waals surface area contributed by atoms with Crippen molar-refractivity contribution in [1.29, 1.82) is 0 Å². The number of aryl methyl sites for hydroxylation is 1. The van der Waals surface area contributed by atoms with Gasteiger partial charge in [-0.3, -0.25) is 4.79 Å². The second kappa shape index (κ2) is 3.53. The van der Waals surface area contributed by atoms with Gasteiger partial charge in [0.25, 0.3) is 4.82 Å². The average molecular weight is 214 g/mol. The van der Waals surface area contributed by atoms with E-state index in [0.29, 0.717) is 0 Å². The number of anilines is 1. The van der Waals surface area contributed by atoms with Gasteiger partial charge >= 0.3 is 0 Å². The Bertz CT molecular complexity index is 255. The molecule has 0 aliphatic carbocycles. The molecule has 0 saturated heterocycles. The molecule has 1 aromatic carbocycles. The number of carbonyl (C=O) groups is 1. The molecule has 1 amide bonds. The third kappa shape index (κ3) is 2.72. The zero-order chi connectivity index (χ0) is 8.27. The topological polar surface area (TPSA) is 29.1 Å². The smallest absolute Gasteiger partial charge is 0.291 e. The van der Waals surface area contributed by atoms with Crippen molar-refractivity contribution in [2.45, 2.75) is 6.92 Å². The summed E-state index contributed by atoms with van der Waals surface area (Å²) in [5.41, 5.74) is 1.98. The Balaban J connectivity index is 2.74. The first-order valence-corrected chi connectivity index (χ1v) is 4.01. The lowest BCUT2D eigenvalue weighted by molar-refractivity contribution is 0.270. The predicted molar refractivity (Wildman–Crippen MR) is 49.1 cm³/mol. The molecule has 1 aromatic rings. The van der Waals surface area contributed by atoms with E-state index in [1.54, 1.807) is 0 Å². The highest BCUT2D eigenvalue weighted by molar-refractivity contribution is 9.18. The van der Waals surface area contributed by atoms with Gasteiger partial charge in [0.1, 0.15) is 0 Å². The summed E-state index contributed by atoms with van der Waals surface area (Å²) in [7, 11) is 0. The highest BCUT2D eigenvalue weighted by atomic mass is 79.9. The van der Waals surface area contributed by atoms with Gasteiger partial charge in [-0.2, -0.15) is 0 Å². The number of nitrogens with one attached hydrogen (secondary N) is 1. The Morgan fingerprint density at radius 1 is 1.36 bits per heavy atom. The number of benzene rings is 1. The molecule has 1 N–H and O–H groups in total. The molecule has 0 radical (unpaired) electrons. The van der Waals surface area contributed by atoms with Crippen molar-refractivity contribution in [1.82, 2.24) is 0 Å². The van der Waals surface area contributed by atoms with E-state index >= 15 is 0 Å². The maximum absolute atomic E-state index is 10.5. The Morgan fingerprint density at radius 3 is 2.36 bits per heavy atom. The molecular formula is C8H8BrNO. The second-order valence-electron chi connectivity index (χ2n) is 2.26. The van der Waals surface area contributed by atoms with E-state index in [1.165, 1.54) is 5.56 Å². The van der Waals surface area contributed by atoms with E-state index in [9.17, 15) is 4.79 Å². The Morgan fingerprint density at radius 2 is 1.91 bits per heavy atom. The molecule has 0 heterocycles. The van der Waals surface area contributed by atoms with Crippen molar-refractivity contribution in [3.63, 3.8) is 0 Å². The number of halogens is 1. The van der Waals surface area contributed by atoms with Crippen molar-refractivity contribution in [3.05, 3.63) is 29.8 Å². The van der Waals surface area contributed by atoms with E-state index in [0.717, 1.165) is 5.69 Å². The molecule has 58 valence electrons. The quantitative estimate of drug-likeness (QED) is 0.565. The summed E-state index contributed by atoms with van der Waals surface area (Å²) in [6.45, 7) is 2.00. The third-order valence-corrected chi connectivity index (χ3v) is 1.49. The summed E-state index contributed by atoms with van der Waals surface area (Å²) in [5, 5.41) is 2.61. The fraction of sp³-hybridized carbons (Fsp3) is 0.125. The standard InChI is InChI=1S/C8H8BrNO/c1-6-2-4-7(5-3-6)10-8(9)11/h2-5H,1H3,(H,10,11). The zero-order valence-electron chi connectivity index (χ0n) is 6.10. The predicted octanol–water partition coefficient (Wildman–Crippen LogP) is 2.92. The average Bonchev–Trinajstić information content (AvgIpc) is 1.93. The fourth-order valence-corrected chi connectivity index (χ4v) is 0.979. The molecule has 0 unspecified atom stereocenters. The van der Waals surface area contributed by atoms with Crippen LogP contribution in [0.3, 0.4) is 0 Å². The van der Waals surface area contributed by atoms with Gasteiger partial charge in [-0.15, -0.1) is 0 Å². The molecule has 1 rings (SSSR count). The minimum atomic E-state index is -0.221. The highest BCUT2D eigenvalue weighted by Crippen LogP contribution is 2.09. The van der Waals surface area contributed by atoms with Crippen LogP contribution in [0.25, 0.3) is 0 Å². The lowest BCUT2D eigenvalue weighted by atomic mass is 10.2. The van der Waals surface area contributed by atoms with Crippen LogP contribution >= 0.6 is 15.9 Å². The van der Waals surface area contributed by atoms with Crippen molar-refractivity contribution >= 4 is 26.4 Å². The Labute approximate surface area is 73.7 Å². The molecule has 0 spiro atoms. The molecule has 0 fully saturated rings. The van der Waals surface area contributed by atoms with Gasteiger partial charge in [0.2, 0.25) is 0 Å². The van der Waals surface area contributed by atoms with Crippen LogP contribution in [-0.4, -0.2) is 4.82 Å². The molecule has 0 bridgehead atoms. The van der Waals surface area contributed by atoms with Crippen LogP contribution in [0.5, 0.6) is 0 Å². The lowest BCUT2D eigenvalue weighted by Gasteiger charge is -1.99. The summed E-state index contributed by atoms with van der Waals surface area (Å²) in [6.07, 6.45) is 0. The van der Waals surface area contributed by atoms with Gasteiger partial charge in [-0.05, 0) is 19.1 Å². The first kappa shape index (κ1) is 8.27. The van der Waals surface area contributed by atoms with Gasteiger partial charge in [-0.25, -0.2) is 0 Å². The Hall–Kier alpha value is -0.830. The first-order valence-electron chi connectivity index (χ1n) is 3.21. The van der Waals surface area contributed by atoms with Gasteiger partial charge in [0.05, 0.1) is 0 Å². The summed E-state index contributed by atoms with van der Waals surface area (Å²) in [4.78, 5) is 10.3. The molecule has 11 heavy (non-hydrogen) atoms. The molecule has 3 heteroatoms. The minimum Gasteiger partial charge on any atom is -0.317 e. The summed E-state index contributed by atoms with van der Waals surface area (Å²) in [6, 6.07) is 7.60. The maximum atomic E-state index is 10.5. The number of amides is 1. The van der Waals surface area contributed by atoms with Crippen molar-refractivity contribution in [2.24, 2.45) is 0 Å². The van der Waals surface area contributed by atoms with Gasteiger partial charge in [-0.1, -0.05) is 17.7 Å². The van der Waals surface area contributed by atoms with E-state index in [-0.39, 0.29) is 4.82 Å². The van der Waals surface area contributed by atoms with E-state index in [1.807, 2.05) is 31.2 Å². The van der Waals surface area contributed by atoms with Crippen LogP contribution in [0.15, 0.2) is 24.3 Å². The van der Waals surface area contributed by atoms with Crippen LogP contribution in [0.2, 0.25) is 0 Å². The molecular weight excluding hydrogens is 206 g/mol. The van der Waals surface area contributed by atoms with E-state index < -0.39 is 0 Å². The second-order valence-corrected chi connectivity index (χ2v) is 2.98. The maximum Gasteiger partial charge on any atom is 0.291 e. The molecule has 0 atom stereocenters. The van der Waals surface area contributed by atoms with Gasteiger partial charge in [0.15, 0.2) is 0 Å². The largest absolute Gasteiger partial charge is 0.317 e. The molecule has 0 aliphatic heterocycles. The number of hydrogen-bond acceptors (Lipinski definition) is 1. The fourth-order valence-electron chi connectivity index (χ4n) is 0.750. The van der Waals surface area contributed by atoms with Crippen LogP contribution in [-0.2, 0) is 0 Å². The summed E-state index contributed by atoms with van der Waals surface area (Å²) >= 11 is 2.78. The number of rotatable bonds is 1.